The fourth-order valence-corrected chi connectivity index (χ4v) is 2.36. The third-order valence-electron chi connectivity index (χ3n) is 2.45. The maximum absolute atomic E-state index is 5.55. The van der Waals surface area contributed by atoms with Gasteiger partial charge in [-0.25, -0.2) is 4.98 Å². The molecule has 0 bridgehead atoms. The Bertz CT molecular complexity index is 287. The van der Waals surface area contributed by atoms with Gasteiger partial charge in [-0.2, -0.15) is 11.8 Å². The smallest absolute Gasteiger partial charge is 0.110 e. The monoisotopic (exact) mass is 242 g/mol. The van der Waals surface area contributed by atoms with Gasteiger partial charge in [0.2, 0.25) is 0 Å². The van der Waals surface area contributed by atoms with Crippen molar-refractivity contribution in [1.82, 2.24) is 15.0 Å². The molecule has 0 aromatic carbocycles. The third-order valence-corrected chi connectivity index (χ3v) is 3.50. The first-order valence-electron chi connectivity index (χ1n) is 5.85. The molecular formula is C11H22N4S. The Hall–Kier alpha value is -0.520. The maximum atomic E-state index is 5.55. The lowest BCUT2D eigenvalue weighted by Gasteiger charge is -2.15. The van der Waals surface area contributed by atoms with Crippen LogP contribution < -0.4 is 11.3 Å². The summed E-state index contributed by atoms with van der Waals surface area (Å²) in [5.74, 6) is 8.84. The van der Waals surface area contributed by atoms with Crippen LogP contribution in [0, 0.1) is 0 Å². The van der Waals surface area contributed by atoms with E-state index in [9.17, 15) is 0 Å². The van der Waals surface area contributed by atoms with Gasteiger partial charge in [0.05, 0.1) is 0 Å². The van der Waals surface area contributed by atoms with Crippen molar-refractivity contribution < 1.29 is 0 Å². The lowest BCUT2D eigenvalue weighted by molar-refractivity contribution is 0.535. The Morgan fingerprint density at radius 3 is 3.00 bits per heavy atom. The number of hydrogen-bond acceptors (Lipinski definition) is 4. The lowest BCUT2D eigenvalue weighted by atomic mass is 10.2. The van der Waals surface area contributed by atoms with E-state index in [0.717, 1.165) is 36.7 Å². The molecule has 5 heteroatoms. The fraction of sp³-hybridized carbons (Fsp3) is 0.727. The lowest BCUT2D eigenvalue weighted by Crippen LogP contribution is -2.39. The number of nitrogens with two attached hydrogens (primary N) is 1. The molecule has 1 rings (SSSR count). The van der Waals surface area contributed by atoms with Crippen LogP contribution in [0.4, 0.5) is 0 Å². The molecule has 4 nitrogen and oxygen atoms in total. The van der Waals surface area contributed by atoms with Crippen molar-refractivity contribution in [1.29, 1.82) is 0 Å². The van der Waals surface area contributed by atoms with E-state index in [4.69, 9.17) is 5.84 Å². The molecule has 0 aliphatic rings. The van der Waals surface area contributed by atoms with Crippen LogP contribution in [0.15, 0.2) is 12.4 Å². The van der Waals surface area contributed by atoms with Crippen LogP contribution in [-0.2, 0) is 13.0 Å². The van der Waals surface area contributed by atoms with Crippen LogP contribution in [0.3, 0.4) is 0 Å². The predicted molar refractivity (Wildman–Crippen MR) is 70.3 cm³/mol. The molecule has 0 saturated carbocycles. The summed E-state index contributed by atoms with van der Waals surface area (Å²) in [7, 11) is 0. The molecule has 0 saturated heterocycles. The van der Waals surface area contributed by atoms with E-state index in [1.165, 1.54) is 0 Å². The Balaban J connectivity index is 2.51. The van der Waals surface area contributed by atoms with Crippen LogP contribution in [0.1, 0.15) is 26.1 Å². The minimum Gasteiger partial charge on any atom is -0.335 e. The SMILES string of the molecule is CCCn1ccnc1CC(CSCC)NN. The average Bonchev–Trinajstić information content (AvgIpc) is 2.72. The molecule has 16 heavy (non-hydrogen) atoms. The zero-order valence-corrected chi connectivity index (χ0v) is 11.0. The van der Waals surface area contributed by atoms with Crippen LogP contribution in [0.2, 0.25) is 0 Å². The van der Waals surface area contributed by atoms with Gasteiger partial charge in [0.1, 0.15) is 5.82 Å². The Morgan fingerprint density at radius 2 is 2.38 bits per heavy atom. The first-order valence-corrected chi connectivity index (χ1v) is 7.01. The van der Waals surface area contributed by atoms with Crippen molar-refractivity contribution >= 4 is 11.8 Å². The van der Waals surface area contributed by atoms with Crippen molar-refractivity contribution in [3.05, 3.63) is 18.2 Å². The summed E-state index contributed by atoms with van der Waals surface area (Å²) in [6, 6.07) is 0.308. The standard InChI is InChI=1S/C11H22N4S/c1-3-6-15-7-5-13-11(15)8-10(14-12)9-16-4-2/h5,7,10,14H,3-4,6,8-9,12H2,1-2H3. The molecule has 0 fully saturated rings. The van der Waals surface area contributed by atoms with Gasteiger partial charge in [-0.05, 0) is 12.2 Å². The summed E-state index contributed by atoms with van der Waals surface area (Å²) >= 11 is 1.90. The van der Waals surface area contributed by atoms with Gasteiger partial charge in [-0.3, -0.25) is 11.3 Å². The second-order valence-corrected chi connectivity index (χ2v) is 5.08. The second-order valence-electron chi connectivity index (χ2n) is 3.76. The summed E-state index contributed by atoms with van der Waals surface area (Å²) < 4.78 is 2.21. The van der Waals surface area contributed by atoms with E-state index in [0.29, 0.717) is 6.04 Å². The van der Waals surface area contributed by atoms with Crippen molar-refractivity contribution in [3.8, 4) is 0 Å². The van der Waals surface area contributed by atoms with Crippen LogP contribution in [0.25, 0.3) is 0 Å². The molecule has 1 aromatic heterocycles. The van der Waals surface area contributed by atoms with Crippen LogP contribution in [0.5, 0.6) is 0 Å². The molecule has 1 unspecified atom stereocenters. The van der Waals surface area contributed by atoms with E-state index in [-0.39, 0.29) is 0 Å². The molecule has 1 aromatic rings. The van der Waals surface area contributed by atoms with Gasteiger partial charge < -0.3 is 4.57 Å². The van der Waals surface area contributed by atoms with Crippen molar-refractivity contribution in [2.45, 2.75) is 39.3 Å². The highest BCUT2D eigenvalue weighted by atomic mass is 32.2. The van der Waals surface area contributed by atoms with Gasteiger partial charge in [-0.15, -0.1) is 0 Å². The highest BCUT2D eigenvalue weighted by Gasteiger charge is 2.11. The molecule has 1 atom stereocenters. The molecule has 0 spiro atoms. The topological polar surface area (TPSA) is 55.9 Å². The van der Waals surface area contributed by atoms with Crippen LogP contribution in [-0.4, -0.2) is 27.1 Å². The largest absolute Gasteiger partial charge is 0.335 e. The summed E-state index contributed by atoms with van der Waals surface area (Å²) in [6.45, 7) is 5.37. The molecule has 0 aliphatic heterocycles. The Kier molecular flexibility index (Phi) is 6.52. The van der Waals surface area contributed by atoms with E-state index in [1.54, 1.807) is 0 Å². The first kappa shape index (κ1) is 13.5. The van der Waals surface area contributed by atoms with Gasteiger partial charge in [0.15, 0.2) is 0 Å². The Labute approximate surface area is 102 Å². The maximum Gasteiger partial charge on any atom is 0.110 e. The molecule has 0 radical (unpaired) electrons. The molecule has 0 amide bonds. The molecular weight excluding hydrogens is 220 g/mol. The van der Waals surface area contributed by atoms with Crippen LogP contribution >= 0.6 is 11.8 Å². The van der Waals surface area contributed by atoms with E-state index in [1.807, 2.05) is 24.2 Å². The number of imidazole rings is 1. The normalized spacial score (nSPS) is 12.9. The minimum atomic E-state index is 0.308. The number of thioether (sulfide) groups is 1. The number of nitrogens with one attached hydrogen (secondary N) is 1. The summed E-state index contributed by atoms with van der Waals surface area (Å²) in [5.41, 5.74) is 2.87. The van der Waals surface area contributed by atoms with E-state index >= 15 is 0 Å². The molecule has 1 heterocycles. The zero-order chi connectivity index (χ0) is 11.8. The number of aromatic nitrogens is 2. The molecule has 0 aliphatic carbocycles. The number of nitrogens with zero attached hydrogens (tertiary/aromatic N) is 2. The highest BCUT2D eigenvalue weighted by Crippen LogP contribution is 2.08. The Morgan fingerprint density at radius 1 is 1.56 bits per heavy atom. The number of rotatable bonds is 8. The summed E-state index contributed by atoms with van der Waals surface area (Å²) in [4.78, 5) is 4.39. The minimum absolute atomic E-state index is 0.308. The fourth-order valence-electron chi connectivity index (χ4n) is 1.62. The van der Waals surface area contributed by atoms with Gasteiger partial charge in [0, 0.05) is 37.2 Å². The highest BCUT2D eigenvalue weighted by molar-refractivity contribution is 7.99. The predicted octanol–water partition coefficient (Wildman–Crippen LogP) is 1.42. The summed E-state index contributed by atoms with van der Waals surface area (Å²) in [5, 5.41) is 0. The zero-order valence-electron chi connectivity index (χ0n) is 10.1. The molecule has 92 valence electrons. The van der Waals surface area contributed by atoms with Gasteiger partial charge >= 0.3 is 0 Å². The summed E-state index contributed by atoms with van der Waals surface area (Å²) in [6.07, 6.45) is 5.94. The van der Waals surface area contributed by atoms with E-state index in [2.05, 4.69) is 28.8 Å². The quantitative estimate of drug-likeness (QED) is 0.535. The van der Waals surface area contributed by atoms with E-state index < -0.39 is 0 Å². The van der Waals surface area contributed by atoms with Crippen molar-refractivity contribution in [2.75, 3.05) is 11.5 Å². The second kappa shape index (κ2) is 7.70. The average molecular weight is 242 g/mol. The first-order chi connectivity index (χ1) is 7.81. The van der Waals surface area contributed by atoms with Crippen molar-refractivity contribution in [3.63, 3.8) is 0 Å². The van der Waals surface area contributed by atoms with Gasteiger partial charge in [0.25, 0.3) is 0 Å². The number of hydrogen-bond donors (Lipinski definition) is 2. The number of aryl methyl sites for hydroxylation is 1. The number of hydrazine groups is 1. The molecule has 3 N–H and O–H groups in total. The van der Waals surface area contributed by atoms with Gasteiger partial charge in [-0.1, -0.05) is 13.8 Å². The third kappa shape index (κ3) is 4.15. The van der Waals surface area contributed by atoms with Crippen molar-refractivity contribution in [2.24, 2.45) is 5.84 Å².